The summed E-state index contributed by atoms with van der Waals surface area (Å²) in [7, 11) is 3.21. The van der Waals surface area contributed by atoms with Gasteiger partial charge in [0.15, 0.2) is 11.5 Å². The Hall–Kier alpha value is -3.12. The summed E-state index contributed by atoms with van der Waals surface area (Å²) in [6.45, 7) is 6.58. The molecule has 1 aromatic heterocycles. The van der Waals surface area contributed by atoms with Gasteiger partial charge in [0, 0.05) is 40.9 Å². The van der Waals surface area contributed by atoms with E-state index >= 15 is 0 Å². The molecule has 198 valence electrons. The minimum Gasteiger partial charge on any atom is -0.493 e. The van der Waals surface area contributed by atoms with E-state index in [0.29, 0.717) is 54.3 Å². The molecule has 0 spiro atoms. The molecule has 0 saturated carbocycles. The molecule has 37 heavy (non-hydrogen) atoms. The first-order valence-corrected chi connectivity index (χ1v) is 13.0. The average molecular weight is 529 g/mol. The van der Waals surface area contributed by atoms with Crippen molar-refractivity contribution in [2.75, 3.05) is 14.2 Å². The molecule has 4 rings (SSSR count). The van der Waals surface area contributed by atoms with Gasteiger partial charge in [-0.15, -0.1) is 0 Å². The van der Waals surface area contributed by atoms with Crippen molar-refractivity contribution in [3.05, 3.63) is 100 Å². The Kier molecular flexibility index (Phi) is 9.93. The van der Waals surface area contributed by atoms with E-state index in [2.05, 4.69) is 11.5 Å². The fraction of sp³-hybridized carbons (Fsp3) is 0.367. The van der Waals surface area contributed by atoms with E-state index in [1.165, 1.54) is 12.1 Å². The van der Waals surface area contributed by atoms with E-state index in [1.54, 1.807) is 38.5 Å². The summed E-state index contributed by atoms with van der Waals surface area (Å²) in [5, 5.41) is 0.403. The summed E-state index contributed by atoms with van der Waals surface area (Å²) in [6, 6.07) is 10.6. The molecule has 0 fully saturated rings. The van der Waals surface area contributed by atoms with Crippen LogP contribution in [0.4, 0.5) is 8.78 Å². The minimum absolute atomic E-state index is 0.261. The predicted octanol–water partition coefficient (Wildman–Crippen LogP) is 8.01. The van der Waals surface area contributed by atoms with Gasteiger partial charge >= 0.3 is 0 Å². The van der Waals surface area contributed by atoms with Crippen LogP contribution in [0.15, 0.2) is 66.6 Å². The molecule has 0 amide bonds. The van der Waals surface area contributed by atoms with Crippen molar-refractivity contribution in [2.24, 2.45) is 0 Å². The second kappa shape index (κ2) is 12.9. The van der Waals surface area contributed by atoms with Gasteiger partial charge in [0.1, 0.15) is 17.5 Å². The highest BCUT2D eigenvalue weighted by Gasteiger charge is 2.34. The summed E-state index contributed by atoms with van der Waals surface area (Å²) in [4.78, 5) is 4.73. The third-order valence-electron chi connectivity index (χ3n) is 6.73. The number of aromatic nitrogens is 2. The molecule has 1 atom stereocenters. The van der Waals surface area contributed by atoms with Crippen LogP contribution in [0.2, 0.25) is 5.02 Å². The molecule has 0 saturated heterocycles. The summed E-state index contributed by atoms with van der Waals surface area (Å²) in [5.74, 6) is 1.48. The number of methoxy groups -OCH3 is 2. The number of rotatable bonds is 6. The fourth-order valence-corrected chi connectivity index (χ4v) is 4.96. The number of aryl methyl sites for hydroxylation is 1. The second-order valence-corrected chi connectivity index (χ2v) is 9.21. The van der Waals surface area contributed by atoms with Gasteiger partial charge in [0.25, 0.3) is 0 Å². The number of ether oxygens (including phenoxy) is 2. The van der Waals surface area contributed by atoms with Gasteiger partial charge in [-0.25, -0.2) is 13.8 Å². The molecule has 1 aliphatic rings. The molecule has 7 heteroatoms. The molecular formula is C30H35ClF2N2O2. The summed E-state index contributed by atoms with van der Waals surface area (Å²) < 4.78 is 41.8. The number of allylic oxidation sites excluding steroid dienone is 4. The van der Waals surface area contributed by atoms with E-state index in [-0.39, 0.29) is 11.6 Å². The highest BCUT2D eigenvalue weighted by Crippen LogP contribution is 2.41. The van der Waals surface area contributed by atoms with E-state index < -0.39 is 5.41 Å². The lowest BCUT2D eigenvalue weighted by atomic mass is 9.75. The van der Waals surface area contributed by atoms with Crippen molar-refractivity contribution < 1.29 is 18.3 Å². The Morgan fingerprint density at radius 2 is 1.81 bits per heavy atom. The van der Waals surface area contributed by atoms with E-state index in [4.69, 9.17) is 26.1 Å². The molecule has 0 bridgehead atoms. The lowest BCUT2D eigenvalue weighted by molar-refractivity contribution is 0.353. The Balaban J connectivity index is 0.00000186. The van der Waals surface area contributed by atoms with Crippen molar-refractivity contribution in [3.8, 4) is 11.5 Å². The first-order chi connectivity index (χ1) is 17.9. The van der Waals surface area contributed by atoms with Gasteiger partial charge in [-0.3, -0.25) is 0 Å². The van der Waals surface area contributed by atoms with Gasteiger partial charge in [-0.1, -0.05) is 43.7 Å². The van der Waals surface area contributed by atoms with E-state index in [0.717, 1.165) is 17.1 Å². The van der Waals surface area contributed by atoms with Crippen LogP contribution in [0.5, 0.6) is 11.5 Å². The van der Waals surface area contributed by atoms with Gasteiger partial charge in [0.2, 0.25) is 0 Å². The number of hydrogen-bond acceptors (Lipinski definition) is 3. The van der Waals surface area contributed by atoms with Gasteiger partial charge in [0.05, 0.1) is 14.2 Å². The maximum atomic E-state index is 14.4. The molecule has 1 aliphatic heterocycles. The van der Waals surface area contributed by atoms with Crippen LogP contribution in [0.3, 0.4) is 0 Å². The van der Waals surface area contributed by atoms with Gasteiger partial charge < -0.3 is 14.0 Å². The smallest absolute Gasteiger partial charge is 0.161 e. The van der Waals surface area contributed by atoms with Crippen molar-refractivity contribution in [3.63, 3.8) is 0 Å². The molecule has 3 aromatic rings. The Labute approximate surface area is 223 Å². The van der Waals surface area contributed by atoms with Crippen molar-refractivity contribution in [1.29, 1.82) is 0 Å². The Morgan fingerprint density at radius 1 is 1.05 bits per heavy atom. The number of hydrogen-bond donors (Lipinski definition) is 0. The molecule has 2 heterocycles. The number of nitrogens with zero attached hydrogens (tertiary/aromatic N) is 2. The molecule has 0 aliphatic carbocycles. The number of imidazole rings is 1. The zero-order valence-electron chi connectivity index (χ0n) is 22.2. The first kappa shape index (κ1) is 28.5. The van der Waals surface area contributed by atoms with Gasteiger partial charge in [-0.05, 0) is 68.2 Å². The summed E-state index contributed by atoms with van der Waals surface area (Å²) in [6.07, 6.45) is 8.88. The van der Waals surface area contributed by atoms with Crippen LogP contribution >= 0.6 is 11.6 Å². The van der Waals surface area contributed by atoms with E-state index in [9.17, 15) is 8.78 Å². The molecule has 0 radical (unpaired) electrons. The lowest BCUT2D eigenvalue weighted by Gasteiger charge is -2.32. The lowest BCUT2D eigenvalue weighted by Crippen LogP contribution is -2.28. The fourth-order valence-electron chi connectivity index (χ4n) is 4.70. The van der Waals surface area contributed by atoms with Crippen LogP contribution in [0.25, 0.3) is 0 Å². The number of benzene rings is 2. The number of fused-ring (bicyclic) bond motifs is 1. The zero-order valence-corrected chi connectivity index (χ0v) is 22.9. The number of halogens is 3. The van der Waals surface area contributed by atoms with Gasteiger partial charge in [-0.2, -0.15) is 0 Å². The standard InChI is InChI=1S/C28H29ClF2N2O2.C2H6/c1-28(19-11-13-24(34-2)25(17-19)35-3)15-5-7-20(30)8-6-16-33-26(28)18-32-27(33)14-12-21-22(29)9-4-10-23(21)31;1-2/h4,6-11,13,17-18H,5,12,14-16H2,1-3H3;1-2H3/b8-6-,20-7+;. The third-order valence-corrected chi connectivity index (χ3v) is 7.09. The highest BCUT2D eigenvalue weighted by atomic mass is 35.5. The van der Waals surface area contributed by atoms with Crippen LogP contribution in [0, 0.1) is 5.82 Å². The molecule has 4 nitrogen and oxygen atoms in total. The van der Waals surface area contributed by atoms with Crippen molar-refractivity contribution >= 4 is 11.6 Å². The Bertz CT molecular complexity index is 1250. The van der Waals surface area contributed by atoms with Crippen LogP contribution < -0.4 is 9.47 Å². The summed E-state index contributed by atoms with van der Waals surface area (Å²) >= 11 is 6.25. The van der Waals surface area contributed by atoms with Crippen molar-refractivity contribution in [2.45, 2.75) is 58.4 Å². The SMILES string of the molecule is CC.COc1ccc(C2(C)CC/C=C(F)\C=C/Cn3c2cnc3CCc2c(F)cccc2Cl)cc1OC. The quantitative estimate of drug-likeness (QED) is 0.325. The first-order valence-electron chi connectivity index (χ1n) is 12.6. The second-order valence-electron chi connectivity index (χ2n) is 8.80. The molecule has 2 aromatic carbocycles. The maximum Gasteiger partial charge on any atom is 0.161 e. The normalized spacial score (nSPS) is 19.5. The summed E-state index contributed by atoms with van der Waals surface area (Å²) in [5.41, 5.74) is 2.00. The topological polar surface area (TPSA) is 36.3 Å². The predicted molar refractivity (Wildman–Crippen MR) is 146 cm³/mol. The van der Waals surface area contributed by atoms with Crippen LogP contribution in [-0.4, -0.2) is 23.8 Å². The van der Waals surface area contributed by atoms with E-state index in [1.807, 2.05) is 38.2 Å². The Morgan fingerprint density at radius 3 is 2.51 bits per heavy atom. The third kappa shape index (κ3) is 6.24. The monoisotopic (exact) mass is 528 g/mol. The van der Waals surface area contributed by atoms with Crippen LogP contribution in [0.1, 0.15) is 56.3 Å². The molecule has 1 unspecified atom stereocenters. The maximum absolute atomic E-state index is 14.4. The molecular weight excluding hydrogens is 494 g/mol. The molecule has 0 N–H and O–H groups in total. The zero-order chi connectivity index (χ0) is 27.0. The highest BCUT2D eigenvalue weighted by molar-refractivity contribution is 6.31. The van der Waals surface area contributed by atoms with Crippen LogP contribution in [-0.2, 0) is 24.8 Å². The minimum atomic E-state index is -0.484. The largest absolute Gasteiger partial charge is 0.493 e. The van der Waals surface area contributed by atoms with Crippen molar-refractivity contribution in [1.82, 2.24) is 9.55 Å². The average Bonchev–Trinajstić information content (AvgIpc) is 3.32.